The first-order valence-electron chi connectivity index (χ1n) is 7.09. The van der Waals surface area contributed by atoms with E-state index in [-0.39, 0.29) is 0 Å². The van der Waals surface area contributed by atoms with Gasteiger partial charge in [-0.2, -0.15) is 0 Å². The molecule has 0 atom stereocenters. The molecule has 4 nitrogen and oxygen atoms in total. The molecule has 2 heterocycles. The molecule has 1 N–H and O–H groups in total. The number of nitrogens with zero attached hydrogens (tertiary/aromatic N) is 3. The van der Waals surface area contributed by atoms with Crippen molar-refractivity contribution in [1.29, 1.82) is 0 Å². The van der Waals surface area contributed by atoms with Crippen LogP contribution in [0.25, 0.3) is 5.65 Å². The summed E-state index contributed by atoms with van der Waals surface area (Å²) in [5, 5.41) is 3.60. The maximum absolute atomic E-state index is 4.78. The number of imidazole rings is 1. The summed E-state index contributed by atoms with van der Waals surface area (Å²) in [6.45, 7) is 5.28. The second-order valence-corrected chi connectivity index (χ2v) is 5.67. The van der Waals surface area contributed by atoms with Crippen molar-refractivity contribution in [2.24, 2.45) is 0 Å². The van der Waals surface area contributed by atoms with Crippen LogP contribution in [-0.4, -0.2) is 28.5 Å². The normalized spacial score (nSPS) is 15.4. The maximum Gasteiger partial charge on any atom is 0.152 e. The molecule has 2 aromatic heterocycles. The number of hydrogen-bond donors (Lipinski definition) is 1. The third kappa shape index (κ3) is 2.45. The molecule has 0 spiro atoms. The summed E-state index contributed by atoms with van der Waals surface area (Å²) in [7, 11) is 2.12. The van der Waals surface area contributed by atoms with Gasteiger partial charge in [0.1, 0.15) is 5.65 Å². The van der Waals surface area contributed by atoms with Crippen LogP contribution in [0.2, 0.25) is 0 Å². The molecule has 0 bridgehead atoms. The van der Waals surface area contributed by atoms with Gasteiger partial charge in [-0.1, -0.05) is 6.07 Å². The number of hydrogen-bond acceptors (Lipinski definition) is 3. The molecule has 4 heteroatoms. The van der Waals surface area contributed by atoms with E-state index in [1.54, 1.807) is 0 Å². The van der Waals surface area contributed by atoms with Crippen LogP contribution < -0.4 is 10.2 Å². The van der Waals surface area contributed by atoms with E-state index < -0.39 is 0 Å². The average molecular weight is 258 g/mol. The molecule has 3 rings (SSSR count). The Morgan fingerprint density at radius 1 is 1.42 bits per heavy atom. The molecule has 0 aromatic carbocycles. The van der Waals surface area contributed by atoms with Crippen LogP contribution in [0.4, 0.5) is 5.82 Å². The quantitative estimate of drug-likeness (QED) is 0.894. The van der Waals surface area contributed by atoms with Gasteiger partial charge in [0.2, 0.25) is 0 Å². The summed E-state index contributed by atoms with van der Waals surface area (Å²) in [6, 6.07) is 7.34. The lowest BCUT2D eigenvalue weighted by molar-refractivity contribution is 0.662. The first kappa shape index (κ1) is 12.5. The lowest BCUT2D eigenvalue weighted by atomic mass is 10.3. The van der Waals surface area contributed by atoms with Crippen molar-refractivity contribution in [3.63, 3.8) is 0 Å². The molecule has 1 saturated carbocycles. The zero-order valence-corrected chi connectivity index (χ0v) is 11.9. The fourth-order valence-electron chi connectivity index (χ4n) is 2.25. The van der Waals surface area contributed by atoms with Gasteiger partial charge in [0.25, 0.3) is 0 Å². The Morgan fingerprint density at radius 3 is 2.89 bits per heavy atom. The third-order valence-corrected chi connectivity index (χ3v) is 3.85. The van der Waals surface area contributed by atoms with Crippen molar-refractivity contribution in [3.8, 4) is 0 Å². The van der Waals surface area contributed by atoms with Crippen molar-refractivity contribution in [3.05, 3.63) is 30.1 Å². The molecular formula is C15H22N4. The molecule has 0 radical (unpaired) electrons. The van der Waals surface area contributed by atoms with Gasteiger partial charge in [-0.25, -0.2) is 4.98 Å². The molecule has 19 heavy (non-hydrogen) atoms. The largest absolute Gasteiger partial charge is 0.356 e. The monoisotopic (exact) mass is 258 g/mol. The van der Waals surface area contributed by atoms with E-state index >= 15 is 0 Å². The van der Waals surface area contributed by atoms with Gasteiger partial charge in [-0.15, -0.1) is 0 Å². The van der Waals surface area contributed by atoms with E-state index in [9.17, 15) is 0 Å². The zero-order valence-electron chi connectivity index (χ0n) is 11.9. The fraction of sp³-hybridized carbons (Fsp3) is 0.533. The Labute approximate surface area is 114 Å². The Kier molecular flexibility index (Phi) is 3.19. The van der Waals surface area contributed by atoms with Crippen LogP contribution in [-0.2, 0) is 6.54 Å². The smallest absolute Gasteiger partial charge is 0.152 e. The Morgan fingerprint density at radius 2 is 2.21 bits per heavy atom. The predicted molar refractivity (Wildman–Crippen MR) is 78.6 cm³/mol. The molecule has 1 aliphatic rings. The molecule has 1 fully saturated rings. The zero-order chi connectivity index (χ0) is 13.4. The van der Waals surface area contributed by atoms with Crippen molar-refractivity contribution < 1.29 is 0 Å². The topological polar surface area (TPSA) is 32.6 Å². The number of fused-ring (bicyclic) bond motifs is 1. The van der Waals surface area contributed by atoms with Crippen molar-refractivity contribution in [2.75, 3.05) is 11.9 Å². The van der Waals surface area contributed by atoms with E-state index in [0.29, 0.717) is 12.1 Å². The van der Waals surface area contributed by atoms with Gasteiger partial charge in [-0.05, 0) is 38.8 Å². The predicted octanol–water partition coefficient (Wildman–Crippen LogP) is 2.43. The van der Waals surface area contributed by atoms with Crippen LogP contribution in [0, 0.1) is 0 Å². The molecule has 1 aliphatic carbocycles. The van der Waals surface area contributed by atoms with E-state index in [0.717, 1.165) is 18.0 Å². The first-order chi connectivity index (χ1) is 9.16. The van der Waals surface area contributed by atoms with Crippen LogP contribution in [0.3, 0.4) is 0 Å². The average Bonchev–Trinajstić information content (AvgIpc) is 3.16. The van der Waals surface area contributed by atoms with Crippen LogP contribution in [0.1, 0.15) is 32.4 Å². The summed E-state index contributed by atoms with van der Waals surface area (Å²) in [6.07, 6.45) is 4.72. The standard InChI is InChI=1S/C15H22N4/c1-11(2)18(3)15-13(10-16-12-7-8-12)19-9-5-4-6-14(19)17-15/h4-6,9,11-12,16H,7-8,10H2,1-3H3. The molecule has 0 unspecified atom stereocenters. The highest BCUT2D eigenvalue weighted by Crippen LogP contribution is 2.24. The minimum absolute atomic E-state index is 0.449. The summed E-state index contributed by atoms with van der Waals surface area (Å²) in [5.41, 5.74) is 2.29. The highest BCUT2D eigenvalue weighted by molar-refractivity contribution is 5.56. The van der Waals surface area contributed by atoms with Crippen molar-refractivity contribution >= 4 is 11.5 Å². The van der Waals surface area contributed by atoms with Gasteiger partial charge in [0, 0.05) is 31.9 Å². The van der Waals surface area contributed by atoms with E-state index in [1.807, 2.05) is 6.07 Å². The SMILES string of the molecule is CC(C)N(C)c1nc2ccccn2c1CNC1CC1. The Balaban J connectivity index is 1.99. The summed E-state index contributed by atoms with van der Waals surface area (Å²) >= 11 is 0. The lowest BCUT2D eigenvalue weighted by Gasteiger charge is -2.22. The van der Waals surface area contributed by atoms with E-state index in [4.69, 9.17) is 4.98 Å². The molecule has 0 aliphatic heterocycles. The van der Waals surface area contributed by atoms with Crippen LogP contribution in [0.15, 0.2) is 24.4 Å². The van der Waals surface area contributed by atoms with Gasteiger partial charge in [0.05, 0.1) is 5.69 Å². The maximum atomic E-state index is 4.78. The lowest BCUT2D eigenvalue weighted by Crippen LogP contribution is -2.28. The highest BCUT2D eigenvalue weighted by Gasteiger charge is 2.23. The number of rotatable bonds is 5. The summed E-state index contributed by atoms with van der Waals surface area (Å²) in [5.74, 6) is 1.09. The molecular weight excluding hydrogens is 236 g/mol. The Bertz CT molecular complexity index is 569. The number of nitrogens with one attached hydrogen (secondary N) is 1. The third-order valence-electron chi connectivity index (χ3n) is 3.85. The van der Waals surface area contributed by atoms with E-state index in [1.165, 1.54) is 18.5 Å². The number of aromatic nitrogens is 2. The summed E-state index contributed by atoms with van der Waals surface area (Å²) in [4.78, 5) is 7.03. The van der Waals surface area contributed by atoms with Gasteiger partial charge in [-0.3, -0.25) is 0 Å². The second kappa shape index (κ2) is 4.85. The number of anilines is 1. The minimum Gasteiger partial charge on any atom is -0.356 e. The van der Waals surface area contributed by atoms with Crippen LogP contribution in [0.5, 0.6) is 0 Å². The van der Waals surface area contributed by atoms with Gasteiger partial charge < -0.3 is 14.6 Å². The fourth-order valence-corrected chi connectivity index (χ4v) is 2.25. The summed E-state index contributed by atoms with van der Waals surface area (Å²) < 4.78 is 2.20. The van der Waals surface area contributed by atoms with Crippen molar-refractivity contribution in [1.82, 2.24) is 14.7 Å². The molecule has 0 amide bonds. The van der Waals surface area contributed by atoms with Gasteiger partial charge >= 0.3 is 0 Å². The van der Waals surface area contributed by atoms with Crippen LogP contribution >= 0.6 is 0 Å². The Hall–Kier alpha value is -1.55. The molecule has 2 aromatic rings. The molecule has 0 saturated heterocycles. The second-order valence-electron chi connectivity index (χ2n) is 5.67. The molecule has 102 valence electrons. The number of pyridine rings is 1. The minimum atomic E-state index is 0.449. The first-order valence-corrected chi connectivity index (χ1v) is 7.09. The van der Waals surface area contributed by atoms with Gasteiger partial charge in [0.15, 0.2) is 5.82 Å². The van der Waals surface area contributed by atoms with Crippen molar-refractivity contribution in [2.45, 2.75) is 45.3 Å². The highest BCUT2D eigenvalue weighted by atomic mass is 15.2. The van der Waals surface area contributed by atoms with E-state index in [2.05, 4.69) is 53.8 Å².